The highest BCUT2D eigenvalue weighted by atomic mass is 19.3. The first kappa shape index (κ1) is 16.5. The van der Waals surface area contributed by atoms with Crippen LogP contribution in [0.15, 0.2) is 47.4 Å². The second-order valence-electron chi connectivity index (χ2n) is 5.90. The number of alkyl halides is 2. The van der Waals surface area contributed by atoms with E-state index in [2.05, 4.69) is 4.74 Å². The van der Waals surface area contributed by atoms with Gasteiger partial charge in [-0.05, 0) is 48.9 Å². The Morgan fingerprint density at radius 1 is 1.17 bits per heavy atom. The molecule has 2 aromatic rings. The summed E-state index contributed by atoms with van der Waals surface area (Å²) in [7, 11) is 0. The van der Waals surface area contributed by atoms with Crippen molar-refractivity contribution in [1.29, 1.82) is 0 Å². The van der Waals surface area contributed by atoms with E-state index >= 15 is 0 Å². The lowest BCUT2D eigenvalue weighted by Gasteiger charge is -2.14. The molecule has 1 aromatic heterocycles. The molecule has 1 aromatic carbocycles. The van der Waals surface area contributed by atoms with Crippen LogP contribution in [0.4, 0.5) is 8.78 Å². The number of pyridine rings is 1. The fourth-order valence-corrected chi connectivity index (χ4v) is 2.40. The molecule has 0 unspecified atom stereocenters. The van der Waals surface area contributed by atoms with Gasteiger partial charge in [-0.3, -0.25) is 4.79 Å². The molecule has 0 N–H and O–H groups in total. The number of aromatic nitrogens is 1. The molecule has 0 aliphatic heterocycles. The Bertz CT molecular complexity index is 741. The molecule has 0 amide bonds. The van der Waals surface area contributed by atoms with Gasteiger partial charge in [0.1, 0.15) is 0 Å². The fraction of sp³-hybridized carbons (Fsp3) is 0.389. The molecular formula is C18H19F2NO3. The average Bonchev–Trinajstić information content (AvgIpc) is 3.37. The highest BCUT2D eigenvalue weighted by molar-refractivity contribution is 5.43. The van der Waals surface area contributed by atoms with Crippen molar-refractivity contribution in [3.63, 3.8) is 0 Å². The molecule has 128 valence electrons. The van der Waals surface area contributed by atoms with Gasteiger partial charge in [0.05, 0.1) is 6.61 Å². The molecule has 1 saturated carbocycles. The summed E-state index contributed by atoms with van der Waals surface area (Å²) in [4.78, 5) is 11.7. The van der Waals surface area contributed by atoms with Crippen LogP contribution in [0.25, 0.3) is 0 Å². The van der Waals surface area contributed by atoms with E-state index < -0.39 is 6.61 Å². The van der Waals surface area contributed by atoms with E-state index in [0.29, 0.717) is 31.2 Å². The first-order valence-electron chi connectivity index (χ1n) is 7.98. The quantitative estimate of drug-likeness (QED) is 0.741. The van der Waals surface area contributed by atoms with Crippen LogP contribution in [-0.4, -0.2) is 17.8 Å². The van der Waals surface area contributed by atoms with Crippen molar-refractivity contribution in [2.24, 2.45) is 5.92 Å². The van der Waals surface area contributed by atoms with Crippen molar-refractivity contribution in [2.45, 2.75) is 32.4 Å². The summed E-state index contributed by atoms with van der Waals surface area (Å²) in [6, 6.07) is 9.93. The molecule has 3 rings (SSSR count). The Kier molecular flexibility index (Phi) is 5.13. The van der Waals surface area contributed by atoms with Gasteiger partial charge in [-0.25, -0.2) is 0 Å². The first-order valence-corrected chi connectivity index (χ1v) is 7.98. The SMILES string of the molecule is O=c1ccccn1CCc1ccc(OC(F)F)c(OCC2CC2)c1. The Balaban J connectivity index is 1.71. The number of benzene rings is 1. The van der Waals surface area contributed by atoms with Crippen LogP contribution in [0.3, 0.4) is 0 Å². The number of ether oxygens (including phenoxy) is 2. The lowest BCUT2D eigenvalue weighted by atomic mass is 10.1. The topological polar surface area (TPSA) is 40.5 Å². The van der Waals surface area contributed by atoms with Crippen LogP contribution >= 0.6 is 0 Å². The third-order valence-electron chi connectivity index (χ3n) is 3.94. The van der Waals surface area contributed by atoms with Gasteiger partial charge in [-0.1, -0.05) is 12.1 Å². The van der Waals surface area contributed by atoms with Gasteiger partial charge in [0, 0.05) is 18.8 Å². The molecule has 6 heteroatoms. The smallest absolute Gasteiger partial charge is 0.387 e. The second-order valence-corrected chi connectivity index (χ2v) is 5.90. The third-order valence-corrected chi connectivity index (χ3v) is 3.94. The number of aryl methyl sites for hydroxylation is 2. The van der Waals surface area contributed by atoms with E-state index in [1.54, 1.807) is 35.0 Å². The molecule has 0 bridgehead atoms. The van der Waals surface area contributed by atoms with E-state index in [-0.39, 0.29) is 11.3 Å². The Morgan fingerprint density at radius 3 is 2.71 bits per heavy atom. The number of hydrogen-bond donors (Lipinski definition) is 0. The summed E-state index contributed by atoms with van der Waals surface area (Å²) in [6.45, 7) is -1.86. The minimum absolute atomic E-state index is 0.0475. The molecule has 1 aliphatic rings. The minimum atomic E-state index is -2.89. The Labute approximate surface area is 138 Å². The monoisotopic (exact) mass is 335 g/mol. The summed E-state index contributed by atoms with van der Waals surface area (Å²) < 4.78 is 36.8. The molecule has 0 spiro atoms. The third kappa shape index (κ3) is 4.57. The van der Waals surface area contributed by atoms with Crippen LogP contribution in [0.5, 0.6) is 11.5 Å². The van der Waals surface area contributed by atoms with Gasteiger partial charge < -0.3 is 14.0 Å². The minimum Gasteiger partial charge on any atom is -0.489 e. The predicted octanol–water partition coefficient (Wildman–Crippen LogP) is 3.48. The standard InChI is InChI=1S/C18H19F2NO3/c19-18(20)24-15-7-6-13(11-16(15)23-12-14-4-5-14)8-10-21-9-2-1-3-17(21)22/h1-3,6-7,9,11,14,18H,4-5,8,10,12H2. The van der Waals surface area contributed by atoms with E-state index in [1.807, 2.05) is 0 Å². The van der Waals surface area contributed by atoms with Gasteiger partial charge >= 0.3 is 6.61 Å². The van der Waals surface area contributed by atoms with Crippen LogP contribution in [0, 0.1) is 5.92 Å². The Morgan fingerprint density at radius 2 is 2.00 bits per heavy atom. The molecule has 0 radical (unpaired) electrons. The molecule has 0 atom stereocenters. The molecule has 4 nitrogen and oxygen atoms in total. The lowest BCUT2D eigenvalue weighted by Crippen LogP contribution is -2.18. The molecule has 24 heavy (non-hydrogen) atoms. The van der Waals surface area contributed by atoms with Crippen LogP contribution < -0.4 is 15.0 Å². The maximum atomic E-state index is 12.5. The number of nitrogens with zero attached hydrogens (tertiary/aromatic N) is 1. The van der Waals surface area contributed by atoms with Crippen molar-refractivity contribution in [1.82, 2.24) is 4.57 Å². The maximum absolute atomic E-state index is 12.5. The highest BCUT2D eigenvalue weighted by Gasteiger charge is 2.23. The van der Waals surface area contributed by atoms with Gasteiger partial charge in [0.2, 0.25) is 0 Å². The molecule has 0 saturated heterocycles. The first-order chi connectivity index (χ1) is 11.6. The Hall–Kier alpha value is -2.37. The van der Waals surface area contributed by atoms with Crippen LogP contribution in [0.1, 0.15) is 18.4 Å². The lowest BCUT2D eigenvalue weighted by molar-refractivity contribution is -0.0515. The average molecular weight is 335 g/mol. The van der Waals surface area contributed by atoms with Crippen molar-refractivity contribution in [3.05, 3.63) is 58.5 Å². The van der Waals surface area contributed by atoms with Crippen molar-refractivity contribution in [3.8, 4) is 11.5 Å². The molecule has 1 fully saturated rings. The summed E-state index contributed by atoms with van der Waals surface area (Å²) in [5.41, 5.74) is 0.832. The van der Waals surface area contributed by atoms with Crippen molar-refractivity contribution in [2.75, 3.05) is 6.61 Å². The molecular weight excluding hydrogens is 316 g/mol. The van der Waals surface area contributed by atoms with E-state index in [1.165, 1.54) is 12.1 Å². The number of halogens is 2. The van der Waals surface area contributed by atoms with Gasteiger partial charge in [0.15, 0.2) is 11.5 Å². The zero-order valence-corrected chi connectivity index (χ0v) is 13.2. The molecule has 1 aliphatic carbocycles. The second kappa shape index (κ2) is 7.47. The number of rotatable bonds is 8. The van der Waals surface area contributed by atoms with Gasteiger partial charge in [-0.15, -0.1) is 0 Å². The fourth-order valence-electron chi connectivity index (χ4n) is 2.40. The zero-order valence-electron chi connectivity index (χ0n) is 13.2. The van der Waals surface area contributed by atoms with E-state index in [9.17, 15) is 13.6 Å². The summed E-state index contributed by atoms with van der Waals surface area (Å²) >= 11 is 0. The van der Waals surface area contributed by atoms with Gasteiger partial charge in [-0.2, -0.15) is 8.78 Å². The number of hydrogen-bond acceptors (Lipinski definition) is 3. The van der Waals surface area contributed by atoms with Gasteiger partial charge in [0.25, 0.3) is 5.56 Å². The largest absolute Gasteiger partial charge is 0.489 e. The summed E-state index contributed by atoms with van der Waals surface area (Å²) in [5, 5.41) is 0. The van der Waals surface area contributed by atoms with Crippen molar-refractivity contribution >= 4 is 0 Å². The summed E-state index contributed by atoms with van der Waals surface area (Å²) in [6.07, 6.45) is 4.54. The highest BCUT2D eigenvalue weighted by Crippen LogP contribution is 2.34. The normalized spacial score (nSPS) is 14.0. The van der Waals surface area contributed by atoms with Crippen molar-refractivity contribution < 1.29 is 18.3 Å². The van der Waals surface area contributed by atoms with Crippen LogP contribution in [0.2, 0.25) is 0 Å². The van der Waals surface area contributed by atoms with E-state index in [0.717, 1.165) is 18.4 Å². The van der Waals surface area contributed by atoms with E-state index in [4.69, 9.17) is 4.74 Å². The predicted molar refractivity (Wildman–Crippen MR) is 85.7 cm³/mol. The summed E-state index contributed by atoms with van der Waals surface area (Å²) in [5.74, 6) is 0.891. The zero-order chi connectivity index (χ0) is 16.9. The molecule has 1 heterocycles. The van der Waals surface area contributed by atoms with Crippen LogP contribution in [-0.2, 0) is 13.0 Å². The maximum Gasteiger partial charge on any atom is 0.387 e.